The molecule has 0 atom stereocenters. The highest BCUT2D eigenvalue weighted by Crippen LogP contribution is 2.25. The molecule has 0 aliphatic heterocycles. The third-order valence-corrected chi connectivity index (χ3v) is 4.27. The van der Waals surface area contributed by atoms with Gasteiger partial charge >= 0.3 is 5.97 Å². The molecule has 1 aromatic carbocycles. The second-order valence-electron chi connectivity index (χ2n) is 5.40. The van der Waals surface area contributed by atoms with Crippen molar-refractivity contribution < 1.29 is 14.3 Å². The lowest BCUT2D eigenvalue weighted by Gasteiger charge is -2.13. The van der Waals surface area contributed by atoms with Gasteiger partial charge in [-0.15, -0.1) is 11.3 Å². The molecule has 116 valence electrons. The normalized spacial score (nSPS) is 10.4. The number of esters is 1. The SMILES string of the molecule is Cc1cc(C(=O)Oc2cc(C(=O)N(C)C)ccc2C)c(C)s1. The molecule has 1 amide bonds. The van der Waals surface area contributed by atoms with E-state index in [0.29, 0.717) is 16.9 Å². The summed E-state index contributed by atoms with van der Waals surface area (Å²) in [5.41, 5.74) is 1.89. The maximum Gasteiger partial charge on any atom is 0.344 e. The minimum atomic E-state index is -0.389. The van der Waals surface area contributed by atoms with E-state index in [0.717, 1.165) is 15.3 Å². The van der Waals surface area contributed by atoms with E-state index in [1.807, 2.05) is 26.8 Å². The Balaban J connectivity index is 2.29. The molecule has 0 N–H and O–H groups in total. The van der Waals surface area contributed by atoms with Crippen molar-refractivity contribution in [1.29, 1.82) is 0 Å². The number of aryl methyl sites for hydroxylation is 3. The molecule has 0 bridgehead atoms. The smallest absolute Gasteiger partial charge is 0.344 e. The summed E-state index contributed by atoms with van der Waals surface area (Å²) in [6.45, 7) is 5.70. The van der Waals surface area contributed by atoms with Crippen molar-refractivity contribution in [3.8, 4) is 5.75 Å². The van der Waals surface area contributed by atoms with Crippen molar-refractivity contribution in [3.05, 3.63) is 50.7 Å². The quantitative estimate of drug-likeness (QED) is 0.642. The van der Waals surface area contributed by atoms with E-state index in [4.69, 9.17) is 4.74 Å². The standard InChI is InChI=1S/C17H19NO3S/c1-10-6-7-13(16(19)18(4)5)9-15(10)21-17(20)14-8-11(2)22-12(14)3/h6-9H,1-5H3. The van der Waals surface area contributed by atoms with Crippen molar-refractivity contribution in [3.63, 3.8) is 0 Å². The fraction of sp³-hybridized carbons (Fsp3) is 0.294. The molecule has 0 aliphatic carbocycles. The van der Waals surface area contributed by atoms with Crippen LogP contribution in [0, 0.1) is 20.8 Å². The summed E-state index contributed by atoms with van der Waals surface area (Å²) in [4.78, 5) is 27.8. The summed E-state index contributed by atoms with van der Waals surface area (Å²) in [7, 11) is 3.37. The lowest BCUT2D eigenvalue weighted by Crippen LogP contribution is -2.21. The molecule has 22 heavy (non-hydrogen) atoms. The number of amides is 1. The molecule has 0 saturated carbocycles. The van der Waals surface area contributed by atoms with Crippen LogP contribution in [0.1, 0.15) is 36.0 Å². The number of thiophene rings is 1. The Labute approximate surface area is 134 Å². The number of carbonyl (C=O) groups is 2. The second kappa shape index (κ2) is 6.32. The van der Waals surface area contributed by atoms with Crippen LogP contribution in [0.5, 0.6) is 5.75 Å². The van der Waals surface area contributed by atoms with E-state index in [2.05, 4.69) is 0 Å². The van der Waals surface area contributed by atoms with Crippen molar-refractivity contribution in [2.24, 2.45) is 0 Å². The largest absolute Gasteiger partial charge is 0.423 e. The van der Waals surface area contributed by atoms with E-state index in [1.165, 1.54) is 4.90 Å². The van der Waals surface area contributed by atoms with Gasteiger partial charge in [0.2, 0.25) is 0 Å². The van der Waals surface area contributed by atoms with Crippen LogP contribution >= 0.6 is 11.3 Å². The zero-order valence-corrected chi connectivity index (χ0v) is 14.2. The van der Waals surface area contributed by atoms with Crippen LogP contribution in [-0.2, 0) is 0 Å². The predicted molar refractivity (Wildman–Crippen MR) is 87.9 cm³/mol. The Morgan fingerprint density at radius 2 is 1.77 bits per heavy atom. The molecular weight excluding hydrogens is 298 g/mol. The molecule has 4 nitrogen and oxygen atoms in total. The minimum Gasteiger partial charge on any atom is -0.423 e. The molecule has 0 unspecified atom stereocenters. The fourth-order valence-electron chi connectivity index (χ4n) is 2.09. The fourth-order valence-corrected chi connectivity index (χ4v) is 3.00. The highest BCUT2D eigenvalue weighted by Gasteiger charge is 2.17. The Hall–Kier alpha value is -2.14. The number of benzene rings is 1. The van der Waals surface area contributed by atoms with Gasteiger partial charge in [-0.2, -0.15) is 0 Å². The van der Waals surface area contributed by atoms with Gasteiger partial charge in [-0.05, 0) is 44.5 Å². The van der Waals surface area contributed by atoms with Crippen LogP contribution in [0.25, 0.3) is 0 Å². The predicted octanol–water partition coefficient (Wildman–Crippen LogP) is 3.59. The summed E-state index contributed by atoms with van der Waals surface area (Å²) in [6, 6.07) is 6.96. The number of hydrogen-bond donors (Lipinski definition) is 0. The number of rotatable bonds is 3. The van der Waals surface area contributed by atoms with Crippen molar-refractivity contribution in [2.75, 3.05) is 14.1 Å². The van der Waals surface area contributed by atoms with E-state index in [-0.39, 0.29) is 11.9 Å². The maximum absolute atomic E-state index is 12.3. The number of nitrogens with zero attached hydrogens (tertiary/aromatic N) is 1. The van der Waals surface area contributed by atoms with Gasteiger partial charge in [0.05, 0.1) is 5.56 Å². The summed E-state index contributed by atoms with van der Waals surface area (Å²) >= 11 is 1.56. The van der Waals surface area contributed by atoms with Gasteiger partial charge in [-0.25, -0.2) is 4.79 Å². The first-order chi connectivity index (χ1) is 10.3. The molecule has 1 aromatic heterocycles. The number of ether oxygens (including phenoxy) is 1. The Morgan fingerprint density at radius 3 is 2.32 bits per heavy atom. The highest BCUT2D eigenvalue weighted by molar-refractivity contribution is 7.12. The number of hydrogen-bond acceptors (Lipinski definition) is 4. The molecule has 0 spiro atoms. The first-order valence-corrected chi connectivity index (χ1v) is 7.72. The summed E-state index contributed by atoms with van der Waals surface area (Å²) in [6.07, 6.45) is 0. The summed E-state index contributed by atoms with van der Waals surface area (Å²) in [5, 5.41) is 0. The minimum absolute atomic E-state index is 0.125. The monoisotopic (exact) mass is 317 g/mol. The van der Waals surface area contributed by atoms with Crippen LogP contribution < -0.4 is 4.74 Å². The zero-order valence-electron chi connectivity index (χ0n) is 13.4. The third-order valence-electron chi connectivity index (χ3n) is 3.30. The van der Waals surface area contributed by atoms with Gasteiger partial charge in [0.1, 0.15) is 5.75 Å². The zero-order chi connectivity index (χ0) is 16.4. The van der Waals surface area contributed by atoms with Gasteiger partial charge in [-0.3, -0.25) is 4.79 Å². The van der Waals surface area contributed by atoms with Gasteiger partial charge < -0.3 is 9.64 Å². The Bertz CT molecular complexity index is 732. The Morgan fingerprint density at radius 1 is 1.09 bits per heavy atom. The van der Waals surface area contributed by atoms with E-state index < -0.39 is 0 Å². The van der Waals surface area contributed by atoms with Crippen LogP contribution in [-0.4, -0.2) is 30.9 Å². The second-order valence-corrected chi connectivity index (χ2v) is 6.86. The first kappa shape index (κ1) is 16.2. The van der Waals surface area contributed by atoms with Gasteiger partial charge in [0.15, 0.2) is 0 Å². The van der Waals surface area contributed by atoms with Crippen LogP contribution in [0.15, 0.2) is 24.3 Å². The average Bonchev–Trinajstić information content (AvgIpc) is 2.79. The topological polar surface area (TPSA) is 46.6 Å². The molecule has 0 fully saturated rings. The molecule has 0 aliphatic rings. The molecule has 0 radical (unpaired) electrons. The van der Waals surface area contributed by atoms with Crippen molar-refractivity contribution >= 4 is 23.2 Å². The van der Waals surface area contributed by atoms with Crippen molar-refractivity contribution in [2.45, 2.75) is 20.8 Å². The Kier molecular flexibility index (Phi) is 4.66. The van der Waals surface area contributed by atoms with Crippen LogP contribution in [0.3, 0.4) is 0 Å². The molecular formula is C17H19NO3S. The number of carbonyl (C=O) groups excluding carboxylic acids is 2. The lowest BCUT2D eigenvalue weighted by atomic mass is 10.1. The van der Waals surface area contributed by atoms with E-state index in [9.17, 15) is 9.59 Å². The molecule has 0 saturated heterocycles. The van der Waals surface area contributed by atoms with Crippen LogP contribution in [0.2, 0.25) is 0 Å². The van der Waals surface area contributed by atoms with Crippen LogP contribution in [0.4, 0.5) is 0 Å². The molecule has 2 rings (SSSR count). The highest BCUT2D eigenvalue weighted by atomic mass is 32.1. The first-order valence-electron chi connectivity index (χ1n) is 6.91. The van der Waals surface area contributed by atoms with Gasteiger partial charge in [0, 0.05) is 29.4 Å². The van der Waals surface area contributed by atoms with Crippen molar-refractivity contribution in [1.82, 2.24) is 4.90 Å². The molecule has 5 heteroatoms. The van der Waals surface area contributed by atoms with Gasteiger partial charge in [0.25, 0.3) is 5.91 Å². The average molecular weight is 317 g/mol. The lowest BCUT2D eigenvalue weighted by molar-refractivity contribution is 0.0730. The third kappa shape index (κ3) is 3.36. The summed E-state index contributed by atoms with van der Waals surface area (Å²) in [5.74, 6) is -0.0970. The van der Waals surface area contributed by atoms with E-state index >= 15 is 0 Å². The molecule has 2 aromatic rings. The summed E-state index contributed by atoms with van der Waals surface area (Å²) < 4.78 is 5.49. The van der Waals surface area contributed by atoms with Gasteiger partial charge in [-0.1, -0.05) is 6.07 Å². The maximum atomic E-state index is 12.3. The molecule has 1 heterocycles. The van der Waals surface area contributed by atoms with E-state index in [1.54, 1.807) is 43.6 Å².